The number of pyridine rings is 1. The van der Waals surface area contributed by atoms with Crippen molar-refractivity contribution in [2.75, 3.05) is 0 Å². The Kier molecular flexibility index (Phi) is 5.28. The highest BCUT2D eigenvalue weighted by Gasteiger charge is 2.32. The Morgan fingerprint density at radius 2 is 2.20 bits per heavy atom. The molecular weight excluding hydrogens is 274 g/mol. The van der Waals surface area contributed by atoms with Crippen LogP contribution in [0, 0.1) is 17.8 Å². The second-order valence-corrected chi connectivity index (χ2v) is 6.68. The van der Waals surface area contributed by atoms with Gasteiger partial charge in [0, 0.05) is 6.20 Å². The van der Waals surface area contributed by atoms with Crippen LogP contribution in [0.5, 0.6) is 5.88 Å². The number of aliphatic hydroxyl groups excluding tert-OH is 1. The van der Waals surface area contributed by atoms with Crippen molar-refractivity contribution in [3.63, 3.8) is 0 Å². The van der Waals surface area contributed by atoms with E-state index in [1.54, 1.807) is 12.3 Å². The maximum Gasteiger partial charge on any atom is 0.232 e. The summed E-state index contributed by atoms with van der Waals surface area (Å²) >= 11 is 6.19. The minimum atomic E-state index is -0.0535. The molecule has 112 valence electrons. The molecule has 0 spiro atoms. The SMILES string of the molecule is CC1CCC(C(C)C)C(Oc2ncc(CO)cc2Cl)C1. The van der Waals surface area contributed by atoms with Crippen molar-refractivity contribution in [1.82, 2.24) is 4.98 Å². The van der Waals surface area contributed by atoms with Crippen molar-refractivity contribution in [2.24, 2.45) is 17.8 Å². The molecule has 0 radical (unpaired) electrons. The molecule has 20 heavy (non-hydrogen) atoms. The number of hydrogen-bond donors (Lipinski definition) is 1. The van der Waals surface area contributed by atoms with Crippen molar-refractivity contribution in [2.45, 2.75) is 52.7 Å². The highest BCUT2D eigenvalue weighted by atomic mass is 35.5. The molecule has 0 aliphatic heterocycles. The van der Waals surface area contributed by atoms with Gasteiger partial charge in [-0.15, -0.1) is 0 Å². The lowest BCUT2D eigenvalue weighted by Gasteiger charge is -2.37. The van der Waals surface area contributed by atoms with Gasteiger partial charge in [-0.1, -0.05) is 38.8 Å². The van der Waals surface area contributed by atoms with Gasteiger partial charge in [-0.25, -0.2) is 4.98 Å². The fourth-order valence-corrected chi connectivity index (χ4v) is 3.27. The van der Waals surface area contributed by atoms with Gasteiger partial charge in [-0.05, 0) is 42.2 Å². The predicted octanol–water partition coefficient (Wildman–Crippen LogP) is 4.07. The smallest absolute Gasteiger partial charge is 0.232 e. The van der Waals surface area contributed by atoms with Gasteiger partial charge in [-0.3, -0.25) is 0 Å². The van der Waals surface area contributed by atoms with E-state index >= 15 is 0 Å². The van der Waals surface area contributed by atoms with Crippen LogP contribution < -0.4 is 4.74 Å². The molecule has 0 bridgehead atoms. The van der Waals surface area contributed by atoms with Gasteiger partial charge in [0.05, 0.1) is 6.61 Å². The van der Waals surface area contributed by atoms with E-state index in [1.807, 2.05) is 0 Å². The Bertz CT molecular complexity index is 450. The Balaban J connectivity index is 2.13. The van der Waals surface area contributed by atoms with Gasteiger partial charge in [0.25, 0.3) is 0 Å². The maximum absolute atomic E-state index is 9.08. The molecule has 2 rings (SSSR count). The summed E-state index contributed by atoms with van der Waals surface area (Å²) < 4.78 is 6.11. The molecule has 1 N–H and O–H groups in total. The average Bonchev–Trinajstić information content (AvgIpc) is 2.40. The van der Waals surface area contributed by atoms with E-state index in [-0.39, 0.29) is 12.7 Å². The molecule has 1 aromatic heterocycles. The number of ether oxygens (including phenoxy) is 1. The first-order valence-corrected chi connectivity index (χ1v) is 7.81. The number of hydrogen-bond acceptors (Lipinski definition) is 3. The molecule has 1 aliphatic rings. The largest absolute Gasteiger partial charge is 0.473 e. The van der Waals surface area contributed by atoms with Crippen LogP contribution >= 0.6 is 11.6 Å². The third-order valence-corrected chi connectivity index (χ3v) is 4.54. The lowest BCUT2D eigenvalue weighted by Crippen LogP contribution is -2.36. The fraction of sp³-hybridized carbons (Fsp3) is 0.688. The van der Waals surface area contributed by atoms with Crippen LogP contribution in [0.1, 0.15) is 45.6 Å². The number of aliphatic hydroxyl groups is 1. The number of rotatable bonds is 4. The first-order chi connectivity index (χ1) is 9.51. The van der Waals surface area contributed by atoms with Gasteiger partial charge in [0.2, 0.25) is 5.88 Å². The standard InChI is InChI=1S/C16H24ClNO2/c1-10(2)13-5-4-11(3)6-15(13)20-16-14(17)7-12(9-19)8-18-16/h7-8,10-11,13,15,19H,4-6,9H2,1-3H3. The van der Waals surface area contributed by atoms with Gasteiger partial charge >= 0.3 is 0 Å². The molecule has 1 heterocycles. The Morgan fingerprint density at radius 3 is 2.80 bits per heavy atom. The van der Waals surface area contributed by atoms with Crippen molar-refractivity contribution in [1.29, 1.82) is 0 Å². The van der Waals surface area contributed by atoms with Crippen molar-refractivity contribution in [3.8, 4) is 5.88 Å². The number of nitrogens with zero attached hydrogens (tertiary/aromatic N) is 1. The zero-order valence-corrected chi connectivity index (χ0v) is 13.2. The van der Waals surface area contributed by atoms with Crippen LogP contribution in [0.3, 0.4) is 0 Å². The lowest BCUT2D eigenvalue weighted by atomic mass is 9.75. The molecule has 1 aliphatic carbocycles. The van der Waals surface area contributed by atoms with Crippen LogP contribution in [-0.2, 0) is 6.61 Å². The third kappa shape index (κ3) is 3.64. The van der Waals surface area contributed by atoms with Gasteiger partial charge in [-0.2, -0.15) is 0 Å². The monoisotopic (exact) mass is 297 g/mol. The minimum Gasteiger partial charge on any atom is -0.473 e. The highest BCUT2D eigenvalue weighted by molar-refractivity contribution is 6.31. The molecule has 0 saturated heterocycles. The molecule has 0 aromatic carbocycles. The number of halogens is 1. The molecule has 0 amide bonds. The van der Waals surface area contributed by atoms with Gasteiger partial charge in [0.15, 0.2) is 0 Å². The van der Waals surface area contributed by atoms with E-state index in [0.29, 0.717) is 34.2 Å². The van der Waals surface area contributed by atoms with E-state index in [0.717, 1.165) is 6.42 Å². The maximum atomic E-state index is 9.08. The van der Waals surface area contributed by atoms with Crippen LogP contribution in [0.25, 0.3) is 0 Å². The quantitative estimate of drug-likeness (QED) is 0.911. The van der Waals surface area contributed by atoms with Crippen LogP contribution in [0.4, 0.5) is 0 Å². The summed E-state index contributed by atoms with van der Waals surface area (Å²) in [7, 11) is 0. The summed E-state index contributed by atoms with van der Waals surface area (Å²) in [6.07, 6.45) is 5.34. The lowest BCUT2D eigenvalue weighted by molar-refractivity contribution is 0.0427. The van der Waals surface area contributed by atoms with E-state index in [4.69, 9.17) is 21.4 Å². The van der Waals surface area contributed by atoms with Crippen LogP contribution in [-0.4, -0.2) is 16.2 Å². The topological polar surface area (TPSA) is 42.4 Å². The summed E-state index contributed by atoms with van der Waals surface area (Å²) in [5.74, 6) is 2.34. The van der Waals surface area contributed by atoms with Crippen LogP contribution in [0.15, 0.2) is 12.3 Å². The summed E-state index contributed by atoms with van der Waals surface area (Å²) in [5.41, 5.74) is 0.708. The van der Waals surface area contributed by atoms with Gasteiger partial charge in [0.1, 0.15) is 11.1 Å². The van der Waals surface area contributed by atoms with Crippen molar-refractivity contribution >= 4 is 11.6 Å². The summed E-state index contributed by atoms with van der Waals surface area (Å²) in [6.45, 7) is 6.72. The third-order valence-electron chi connectivity index (χ3n) is 4.27. The minimum absolute atomic E-state index is 0.0535. The van der Waals surface area contributed by atoms with Crippen LogP contribution in [0.2, 0.25) is 5.02 Å². The first kappa shape index (κ1) is 15.6. The predicted molar refractivity (Wildman–Crippen MR) is 80.9 cm³/mol. The Labute approximate surface area is 126 Å². The number of aromatic nitrogens is 1. The second-order valence-electron chi connectivity index (χ2n) is 6.27. The summed E-state index contributed by atoms with van der Waals surface area (Å²) in [6, 6.07) is 1.72. The zero-order valence-electron chi connectivity index (χ0n) is 12.5. The Morgan fingerprint density at radius 1 is 1.45 bits per heavy atom. The van der Waals surface area contributed by atoms with Gasteiger partial charge < -0.3 is 9.84 Å². The average molecular weight is 298 g/mol. The van der Waals surface area contributed by atoms with Crippen molar-refractivity contribution in [3.05, 3.63) is 22.8 Å². The summed E-state index contributed by atoms with van der Waals surface area (Å²) in [4.78, 5) is 4.25. The molecule has 4 heteroatoms. The van der Waals surface area contributed by atoms with E-state index in [2.05, 4.69) is 25.8 Å². The second kappa shape index (κ2) is 6.77. The Hall–Kier alpha value is -0.800. The van der Waals surface area contributed by atoms with E-state index in [9.17, 15) is 0 Å². The van der Waals surface area contributed by atoms with E-state index in [1.165, 1.54) is 12.8 Å². The molecule has 1 fully saturated rings. The molecule has 3 unspecified atom stereocenters. The van der Waals surface area contributed by atoms with E-state index < -0.39 is 0 Å². The fourth-order valence-electron chi connectivity index (χ4n) is 3.03. The zero-order chi connectivity index (χ0) is 14.7. The summed E-state index contributed by atoms with van der Waals surface area (Å²) in [5, 5.41) is 9.57. The highest BCUT2D eigenvalue weighted by Crippen LogP contribution is 2.36. The molecular formula is C16H24ClNO2. The molecule has 1 saturated carbocycles. The molecule has 3 nitrogen and oxygen atoms in total. The first-order valence-electron chi connectivity index (χ1n) is 7.43. The molecule has 3 atom stereocenters. The van der Waals surface area contributed by atoms with Crippen molar-refractivity contribution < 1.29 is 9.84 Å². The normalized spacial score (nSPS) is 26.8. The molecule has 1 aromatic rings.